The van der Waals surface area contributed by atoms with E-state index in [1.165, 1.54) is 6.92 Å². The van der Waals surface area contributed by atoms with Crippen LogP contribution in [0.3, 0.4) is 0 Å². The first-order chi connectivity index (χ1) is 8.37. The number of hydrogen-bond donors (Lipinski definition) is 0. The largest absolute Gasteiger partial charge is 0.303 e. The monoisotopic (exact) mass is 248 g/mol. The molecule has 0 saturated heterocycles. The van der Waals surface area contributed by atoms with Crippen molar-refractivity contribution in [3.8, 4) is 0 Å². The van der Waals surface area contributed by atoms with Gasteiger partial charge in [-0.1, -0.05) is 18.2 Å². The number of Topliss-reactive ketones (excluding diaryl/α,β-unsaturated/α-hetero) is 2. The molecule has 3 nitrogen and oxygen atoms in total. The first-order valence-electron chi connectivity index (χ1n) is 6.19. The second-order valence-electron chi connectivity index (χ2n) is 5.08. The molecule has 0 spiro atoms. The van der Waals surface area contributed by atoms with E-state index in [1.807, 2.05) is 13.0 Å². The van der Waals surface area contributed by atoms with Crippen molar-refractivity contribution in [3.63, 3.8) is 0 Å². The van der Waals surface area contributed by atoms with Crippen molar-refractivity contribution in [2.24, 2.45) is 11.3 Å². The fourth-order valence-electron chi connectivity index (χ4n) is 2.88. The van der Waals surface area contributed by atoms with Gasteiger partial charge >= 0.3 is 0 Å². The number of aldehydes is 1. The van der Waals surface area contributed by atoms with Gasteiger partial charge < -0.3 is 4.79 Å². The fourth-order valence-corrected chi connectivity index (χ4v) is 2.88. The molecule has 0 aromatic carbocycles. The number of ketones is 2. The molecule has 0 amide bonds. The summed E-state index contributed by atoms with van der Waals surface area (Å²) in [5, 5.41) is 0. The van der Waals surface area contributed by atoms with Gasteiger partial charge in [-0.3, -0.25) is 9.59 Å². The van der Waals surface area contributed by atoms with Crippen LogP contribution < -0.4 is 0 Å². The molecule has 0 unspecified atom stereocenters. The molecule has 0 N–H and O–H groups in total. The third-order valence-electron chi connectivity index (χ3n) is 3.90. The van der Waals surface area contributed by atoms with Gasteiger partial charge in [0.2, 0.25) is 0 Å². The SMILES string of the molecule is C=C(C)[C@H]1CC=C(C)C(=O)[C@@]1(CCC=O)C(C)=O. The highest BCUT2D eigenvalue weighted by molar-refractivity contribution is 6.14. The Labute approximate surface area is 108 Å². The molecule has 0 radical (unpaired) electrons. The Bertz CT molecular complexity index is 431. The minimum atomic E-state index is -1.08. The lowest BCUT2D eigenvalue weighted by Crippen LogP contribution is -2.47. The van der Waals surface area contributed by atoms with E-state index in [2.05, 4.69) is 6.58 Å². The number of carbonyl (C=O) groups excluding carboxylic acids is 3. The summed E-state index contributed by atoms with van der Waals surface area (Å²) < 4.78 is 0. The van der Waals surface area contributed by atoms with Gasteiger partial charge in [-0.2, -0.15) is 0 Å². The van der Waals surface area contributed by atoms with E-state index >= 15 is 0 Å². The number of hydrogen-bond acceptors (Lipinski definition) is 3. The van der Waals surface area contributed by atoms with E-state index in [0.717, 1.165) is 11.9 Å². The highest BCUT2D eigenvalue weighted by atomic mass is 16.2. The molecule has 0 heterocycles. The van der Waals surface area contributed by atoms with Crippen molar-refractivity contribution < 1.29 is 14.4 Å². The maximum absolute atomic E-state index is 12.5. The van der Waals surface area contributed by atoms with Crippen molar-refractivity contribution in [2.75, 3.05) is 0 Å². The fraction of sp³-hybridized carbons (Fsp3) is 0.533. The molecule has 18 heavy (non-hydrogen) atoms. The lowest BCUT2D eigenvalue weighted by Gasteiger charge is -2.40. The first-order valence-corrected chi connectivity index (χ1v) is 6.19. The Morgan fingerprint density at radius 3 is 2.61 bits per heavy atom. The summed E-state index contributed by atoms with van der Waals surface area (Å²) in [6, 6.07) is 0. The summed E-state index contributed by atoms with van der Waals surface area (Å²) in [6.45, 7) is 8.91. The summed E-state index contributed by atoms with van der Waals surface area (Å²) in [4.78, 5) is 35.2. The van der Waals surface area contributed by atoms with Crippen LogP contribution in [0.5, 0.6) is 0 Å². The van der Waals surface area contributed by atoms with Crippen LogP contribution in [-0.2, 0) is 14.4 Å². The molecule has 2 atom stereocenters. The zero-order valence-corrected chi connectivity index (χ0v) is 11.3. The van der Waals surface area contributed by atoms with Gasteiger partial charge in [0.1, 0.15) is 12.1 Å². The van der Waals surface area contributed by atoms with Crippen LogP contribution in [0.2, 0.25) is 0 Å². The summed E-state index contributed by atoms with van der Waals surface area (Å²) in [6.07, 6.45) is 3.78. The second kappa shape index (κ2) is 5.42. The van der Waals surface area contributed by atoms with E-state index in [0.29, 0.717) is 12.0 Å². The number of allylic oxidation sites excluding steroid dienone is 3. The minimum Gasteiger partial charge on any atom is -0.303 e. The predicted octanol–water partition coefficient (Wildman–Crippen LogP) is 2.65. The van der Waals surface area contributed by atoms with Gasteiger partial charge in [-0.15, -0.1) is 0 Å². The van der Waals surface area contributed by atoms with Crippen LogP contribution in [0.15, 0.2) is 23.8 Å². The Morgan fingerprint density at radius 1 is 1.56 bits per heavy atom. The molecular formula is C15H20O3. The van der Waals surface area contributed by atoms with Gasteiger partial charge in [0, 0.05) is 12.3 Å². The molecule has 0 aromatic heterocycles. The van der Waals surface area contributed by atoms with Crippen LogP contribution >= 0.6 is 0 Å². The van der Waals surface area contributed by atoms with Gasteiger partial charge in [0.05, 0.1) is 5.41 Å². The van der Waals surface area contributed by atoms with Crippen molar-refractivity contribution in [2.45, 2.75) is 40.0 Å². The molecule has 1 rings (SSSR count). The lowest BCUT2D eigenvalue weighted by molar-refractivity contribution is -0.141. The van der Waals surface area contributed by atoms with E-state index in [9.17, 15) is 14.4 Å². The maximum Gasteiger partial charge on any atom is 0.172 e. The van der Waals surface area contributed by atoms with Crippen molar-refractivity contribution >= 4 is 17.9 Å². The molecule has 0 aromatic rings. The van der Waals surface area contributed by atoms with Crippen molar-refractivity contribution in [3.05, 3.63) is 23.8 Å². The zero-order chi connectivity index (χ0) is 13.9. The Kier molecular flexibility index (Phi) is 4.38. The Balaban J connectivity index is 3.34. The zero-order valence-electron chi connectivity index (χ0n) is 11.3. The van der Waals surface area contributed by atoms with E-state index in [-0.39, 0.29) is 30.3 Å². The summed E-state index contributed by atoms with van der Waals surface area (Å²) in [5.41, 5.74) is 0.368. The van der Waals surface area contributed by atoms with Crippen LogP contribution in [0, 0.1) is 11.3 Å². The molecule has 98 valence electrons. The highest BCUT2D eigenvalue weighted by Gasteiger charge is 2.50. The highest BCUT2D eigenvalue weighted by Crippen LogP contribution is 2.45. The predicted molar refractivity (Wildman–Crippen MR) is 70.1 cm³/mol. The van der Waals surface area contributed by atoms with Crippen molar-refractivity contribution in [1.82, 2.24) is 0 Å². The standard InChI is InChI=1S/C15H20O3/c1-10(2)13-7-6-11(3)14(18)15(13,12(4)17)8-5-9-16/h6,9,13H,1,5,7-8H2,2-4H3/t13-,15+/m1/s1. The molecule has 0 fully saturated rings. The Morgan fingerprint density at radius 2 is 2.17 bits per heavy atom. The number of carbonyl (C=O) groups is 3. The Hall–Kier alpha value is -1.51. The van der Waals surface area contributed by atoms with Crippen LogP contribution in [-0.4, -0.2) is 17.9 Å². The van der Waals surface area contributed by atoms with E-state index in [4.69, 9.17) is 0 Å². The van der Waals surface area contributed by atoms with Gasteiger partial charge in [-0.05, 0) is 39.2 Å². The summed E-state index contributed by atoms with van der Waals surface area (Å²) in [7, 11) is 0. The first kappa shape index (κ1) is 14.6. The van der Waals surface area contributed by atoms with Crippen molar-refractivity contribution in [1.29, 1.82) is 0 Å². The number of rotatable bonds is 5. The normalized spacial score (nSPS) is 27.6. The molecule has 1 aliphatic rings. The van der Waals surface area contributed by atoms with Crippen LogP contribution in [0.1, 0.15) is 40.0 Å². The van der Waals surface area contributed by atoms with Gasteiger partial charge in [0.15, 0.2) is 5.78 Å². The van der Waals surface area contributed by atoms with Gasteiger partial charge in [-0.25, -0.2) is 0 Å². The van der Waals surface area contributed by atoms with E-state index < -0.39 is 5.41 Å². The maximum atomic E-state index is 12.5. The smallest absolute Gasteiger partial charge is 0.172 e. The lowest BCUT2D eigenvalue weighted by atomic mass is 9.59. The molecular weight excluding hydrogens is 228 g/mol. The van der Waals surface area contributed by atoms with Crippen LogP contribution in [0.25, 0.3) is 0 Å². The third-order valence-corrected chi connectivity index (χ3v) is 3.90. The molecule has 0 aliphatic heterocycles. The summed E-state index contributed by atoms with van der Waals surface area (Å²) in [5.74, 6) is -0.489. The topological polar surface area (TPSA) is 51.2 Å². The molecule has 1 aliphatic carbocycles. The van der Waals surface area contributed by atoms with E-state index in [1.54, 1.807) is 6.92 Å². The average molecular weight is 248 g/mol. The summed E-state index contributed by atoms with van der Waals surface area (Å²) >= 11 is 0. The van der Waals surface area contributed by atoms with Gasteiger partial charge in [0.25, 0.3) is 0 Å². The second-order valence-corrected chi connectivity index (χ2v) is 5.08. The third kappa shape index (κ3) is 2.22. The quantitative estimate of drug-likeness (QED) is 0.427. The minimum absolute atomic E-state index is 0.142. The van der Waals surface area contributed by atoms with Crippen LogP contribution in [0.4, 0.5) is 0 Å². The molecule has 3 heteroatoms. The molecule has 0 saturated carbocycles. The average Bonchev–Trinajstić information content (AvgIpc) is 2.30. The molecule has 0 bridgehead atoms.